The maximum atomic E-state index is 11.9. The average molecular weight is 207 g/mol. The Morgan fingerprint density at radius 2 is 2.50 bits per heavy atom. The van der Waals surface area contributed by atoms with Crippen LogP contribution in [0.15, 0.2) is 16.7 Å². The van der Waals surface area contributed by atoms with E-state index in [1.807, 2.05) is 5.38 Å². The molecule has 0 spiro atoms. The summed E-state index contributed by atoms with van der Waals surface area (Å²) < 4.78 is 0. The minimum absolute atomic E-state index is 0.0545. The third-order valence-electron chi connectivity index (χ3n) is 2.66. The number of thiazole rings is 1. The van der Waals surface area contributed by atoms with Gasteiger partial charge in [0, 0.05) is 11.6 Å². The summed E-state index contributed by atoms with van der Waals surface area (Å²) in [4.78, 5) is 16.0. The standard InChI is InChI=1S/C9H9N3OS/c13-8-6-2-1-3-7(6)11-12(8)9-10-4-5-14-9/h4-6H,1-3H2. The number of amides is 1. The van der Waals surface area contributed by atoms with Crippen molar-refractivity contribution in [2.45, 2.75) is 19.3 Å². The predicted molar refractivity (Wildman–Crippen MR) is 54.4 cm³/mol. The van der Waals surface area contributed by atoms with Crippen molar-refractivity contribution in [3.8, 4) is 0 Å². The quantitative estimate of drug-likeness (QED) is 0.702. The lowest BCUT2D eigenvalue weighted by Crippen LogP contribution is -2.25. The second kappa shape index (κ2) is 2.88. The van der Waals surface area contributed by atoms with Crippen molar-refractivity contribution in [1.82, 2.24) is 4.98 Å². The van der Waals surface area contributed by atoms with E-state index in [9.17, 15) is 4.79 Å². The van der Waals surface area contributed by atoms with E-state index in [4.69, 9.17) is 0 Å². The van der Waals surface area contributed by atoms with Gasteiger partial charge in [-0.25, -0.2) is 4.98 Å². The van der Waals surface area contributed by atoms with Crippen LogP contribution in [0.1, 0.15) is 19.3 Å². The highest BCUT2D eigenvalue weighted by atomic mass is 32.1. The Morgan fingerprint density at radius 1 is 1.57 bits per heavy atom. The summed E-state index contributed by atoms with van der Waals surface area (Å²) in [7, 11) is 0. The maximum Gasteiger partial charge on any atom is 0.258 e. The molecule has 0 aromatic carbocycles. The van der Waals surface area contributed by atoms with Crippen molar-refractivity contribution < 1.29 is 4.79 Å². The minimum atomic E-state index is 0.0545. The molecule has 1 atom stereocenters. The van der Waals surface area contributed by atoms with E-state index in [1.54, 1.807) is 6.20 Å². The lowest BCUT2D eigenvalue weighted by molar-refractivity contribution is -0.119. The van der Waals surface area contributed by atoms with Crippen LogP contribution < -0.4 is 5.01 Å². The van der Waals surface area contributed by atoms with Gasteiger partial charge in [-0.05, 0) is 19.3 Å². The molecule has 0 radical (unpaired) electrons. The number of anilines is 1. The highest BCUT2D eigenvalue weighted by Crippen LogP contribution is 2.33. The number of carbonyl (C=O) groups is 1. The van der Waals surface area contributed by atoms with Crippen LogP contribution in [0.4, 0.5) is 5.13 Å². The topological polar surface area (TPSA) is 45.6 Å². The molecule has 1 aromatic rings. The van der Waals surface area contributed by atoms with E-state index >= 15 is 0 Å². The number of hydrazone groups is 1. The van der Waals surface area contributed by atoms with E-state index in [2.05, 4.69) is 10.1 Å². The molecule has 1 saturated carbocycles. The second-order valence-electron chi connectivity index (χ2n) is 3.50. The van der Waals surface area contributed by atoms with Gasteiger partial charge in [-0.2, -0.15) is 10.1 Å². The summed E-state index contributed by atoms with van der Waals surface area (Å²) >= 11 is 1.45. The van der Waals surface area contributed by atoms with Gasteiger partial charge >= 0.3 is 0 Å². The Balaban J connectivity index is 1.97. The number of nitrogens with zero attached hydrogens (tertiary/aromatic N) is 3. The van der Waals surface area contributed by atoms with Crippen LogP contribution in [0.5, 0.6) is 0 Å². The molecular formula is C9H9N3OS. The van der Waals surface area contributed by atoms with Crippen molar-refractivity contribution in [2.24, 2.45) is 11.0 Å². The summed E-state index contributed by atoms with van der Waals surface area (Å²) in [6, 6.07) is 0. The predicted octanol–water partition coefficient (Wildman–Crippen LogP) is 1.65. The van der Waals surface area contributed by atoms with Crippen LogP contribution in [0.3, 0.4) is 0 Å². The van der Waals surface area contributed by atoms with Crippen LogP contribution in [0.2, 0.25) is 0 Å². The fraction of sp³-hybridized carbons (Fsp3) is 0.444. The first-order valence-corrected chi connectivity index (χ1v) is 5.55. The van der Waals surface area contributed by atoms with Crippen molar-refractivity contribution in [2.75, 3.05) is 5.01 Å². The molecule has 14 heavy (non-hydrogen) atoms. The summed E-state index contributed by atoms with van der Waals surface area (Å²) in [5, 5.41) is 8.33. The average Bonchev–Trinajstić information content (AvgIpc) is 2.84. The van der Waals surface area contributed by atoms with Gasteiger partial charge in [-0.1, -0.05) is 0 Å². The number of hydrogen-bond acceptors (Lipinski definition) is 4. The normalized spacial score (nSPS) is 25.4. The molecule has 1 unspecified atom stereocenters. The van der Waals surface area contributed by atoms with Gasteiger partial charge in [-0.15, -0.1) is 11.3 Å². The molecule has 2 aliphatic rings. The summed E-state index contributed by atoms with van der Waals surface area (Å²) in [5.41, 5.74) is 1.05. The Hall–Kier alpha value is -1.23. The van der Waals surface area contributed by atoms with Crippen LogP contribution in [0.25, 0.3) is 0 Å². The second-order valence-corrected chi connectivity index (χ2v) is 4.37. The minimum Gasteiger partial charge on any atom is -0.272 e. The first-order valence-electron chi connectivity index (χ1n) is 4.67. The number of aromatic nitrogens is 1. The molecule has 72 valence electrons. The molecule has 0 N–H and O–H groups in total. The number of rotatable bonds is 1. The first-order chi connectivity index (χ1) is 6.86. The summed E-state index contributed by atoms with van der Waals surface area (Å²) in [6.07, 6.45) is 4.72. The molecule has 3 rings (SSSR count). The van der Waals surface area contributed by atoms with Gasteiger partial charge in [0.2, 0.25) is 5.13 Å². The van der Waals surface area contributed by atoms with Crippen LogP contribution in [-0.2, 0) is 4.79 Å². The number of fused-ring (bicyclic) bond motifs is 1. The van der Waals surface area contributed by atoms with Crippen molar-refractivity contribution in [3.63, 3.8) is 0 Å². The molecule has 1 aromatic heterocycles. The summed E-state index contributed by atoms with van der Waals surface area (Å²) in [6.45, 7) is 0. The molecule has 1 aliphatic carbocycles. The Bertz CT molecular complexity index is 398. The van der Waals surface area contributed by atoms with Gasteiger partial charge in [0.25, 0.3) is 5.91 Å². The monoisotopic (exact) mass is 207 g/mol. The van der Waals surface area contributed by atoms with E-state index in [0.29, 0.717) is 5.13 Å². The Labute approximate surface area is 85.3 Å². The number of hydrogen-bond donors (Lipinski definition) is 0. The molecule has 1 amide bonds. The smallest absolute Gasteiger partial charge is 0.258 e. The zero-order valence-electron chi connectivity index (χ0n) is 7.51. The number of carbonyl (C=O) groups excluding carboxylic acids is 1. The highest BCUT2D eigenvalue weighted by Gasteiger charge is 2.40. The molecule has 0 saturated heterocycles. The third kappa shape index (κ3) is 1.02. The lowest BCUT2D eigenvalue weighted by atomic mass is 10.1. The van der Waals surface area contributed by atoms with Crippen LogP contribution in [0, 0.1) is 5.92 Å². The van der Waals surface area contributed by atoms with Crippen molar-refractivity contribution >= 4 is 28.1 Å². The fourth-order valence-electron chi connectivity index (χ4n) is 2.00. The summed E-state index contributed by atoms with van der Waals surface area (Å²) in [5.74, 6) is 0.159. The zero-order chi connectivity index (χ0) is 9.54. The Morgan fingerprint density at radius 3 is 3.21 bits per heavy atom. The highest BCUT2D eigenvalue weighted by molar-refractivity contribution is 7.13. The molecule has 5 heteroatoms. The van der Waals surface area contributed by atoms with E-state index in [0.717, 1.165) is 25.0 Å². The van der Waals surface area contributed by atoms with Gasteiger partial charge in [0.05, 0.1) is 11.6 Å². The van der Waals surface area contributed by atoms with Gasteiger partial charge in [0.1, 0.15) is 0 Å². The van der Waals surface area contributed by atoms with Gasteiger partial charge < -0.3 is 0 Å². The first kappa shape index (κ1) is 8.11. The van der Waals surface area contributed by atoms with Crippen molar-refractivity contribution in [1.29, 1.82) is 0 Å². The molecule has 1 fully saturated rings. The van der Waals surface area contributed by atoms with Crippen LogP contribution in [-0.4, -0.2) is 16.6 Å². The zero-order valence-corrected chi connectivity index (χ0v) is 8.33. The van der Waals surface area contributed by atoms with Gasteiger partial charge in [0.15, 0.2) is 0 Å². The van der Waals surface area contributed by atoms with Crippen LogP contribution >= 0.6 is 11.3 Å². The van der Waals surface area contributed by atoms with E-state index < -0.39 is 0 Å². The van der Waals surface area contributed by atoms with Gasteiger partial charge in [-0.3, -0.25) is 4.79 Å². The van der Waals surface area contributed by atoms with E-state index in [1.165, 1.54) is 16.3 Å². The molecule has 0 bridgehead atoms. The Kier molecular flexibility index (Phi) is 1.67. The molecular weight excluding hydrogens is 198 g/mol. The largest absolute Gasteiger partial charge is 0.272 e. The van der Waals surface area contributed by atoms with Crippen molar-refractivity contribution in [3.05, 3.63) is 11.6 Å². The molecule has 4 nitrogen and oxygen atoms in total. The lowest BCUT2D eigenvalue weighted by Gasteiger charge is -2.08. The molecule has 1 aliphatic heterocycles. The SMILES string of the molecule is O=C1C2CCCC2=NN1c1nccs1. The maximum absolute atomic E-state index is 11.9. The van der Waals surface area contributed by atoms with E-state index in [-0.39, 0.29) is 11.8 Å². The third-order valence-corrected chi connectivity index (χ3v) is 3.41. The fourth-order valence-corrected chi connectivity index (χ4v) is 2.59. The molecule has 2 heterocycles.